The van der Waals surface area contributed by atoms with Crippen LogP contribution in [-0.2, 0) is 0 Å². The summed E-state index contributed by atoms with van der Waals surface area (Å²) in [5.74, 6) is -1.03. The Labute approximate surface area is 115 Å². The lowest BCUT2D eigenvalue weighted by Gasteiger charge is -2.14. The first-order valence-electron chi connectivity index (χ1n) is 5.96. The first-order chi connectivity index (χ1) is 8.99. The van der Waals surface area contributed by atoms with Gasteiger partial charge in [0.05, 0.1) is 17.8 Å². The summed E-state index contributed by atoms with van der Waals surface area (Å²) in [6.45, 7) is 5.94. The van der Waals surface area contributed by atoms with Gasteiger partial charge >= 0.3 is 0 Å². The molecule has 2 aromatic rings. The van der Waals surface area contributed by atoms with Gasteiger partial charge in [0.1, 0.15) is 0 Å². The number of aryl methyl sites for hydroxylation is 2. The second-order valence-corrected chi connectivity index (χ2v) is 5.88. The van der Waals surface area contributed by atoms with Gasteiger partial charge in [-0.15, -0.1) is 11.3 Å². The molecule has 0 aliphatic carbocycles. The largest absolute Gasteiger partial charge is 0.345 e. The van der Waals surface area contributed by atoms with E-state index in [1.165, 1.54) is 22.0 Å². The van der Waals surface area contributed by atoms with Crippen molar-refractivity contribution >= 4 is 17.2 Å². The van der Waals surface area contributed by atoms with Crippen LogP contribution in [0.4, 0.5) is 4.39 Å². The van der Waals surface area contributed by atoms with Gasteiger partial charge in [-0.2, -0.15) is 0 Å². The summed E-state index contributed by atoms with van der Waals surface area (Å²) in [5.41, 5.74) is 1.09. The van der Waals surface area contributed by atoms with E-state index < -0.39 is 11.7 Å². The number of pyridine rings is 1. The SMILES string of the molecule is Cc1cc(C(C)NC(=O)c2ccncc2F)c(C)s1. The number of halogens is 1. The van der Waals surface area contributed by atoms with Crippen molar-refractivity contribution in [3.05, 3.63) is 51.2 Å². The van der Waals surface area contributed by atoms with Gasteiger partial charge in [0.25, 0.3) is 5.91 Å². The zero-order chi connectivity index (χ0) is 14.0. The van der Waals surface area contributed by atoms with Crippen molar-refractivity contribution in [3.63, 3.8) is 0 Å². The number of rotatable bonds is 3. The summed E-state index contributed by atoms with van der Waals surface area (Å²) in [6.07, 6.45) is 2.45. The highest BCUT2D eigenvalue weighted by Gasteiger charge is 2.17. The van der Waals surface area contributed by atoms with Crippen LogP contribution in [0.3, 0.4) is 0 Å². The van der Waals surface area contributed by atoms with Crippen LogP contribution >= 0.6 is 11.3 Å². The van der Waals surface area contributed by atoms with Gasteiger partial charge in [-0.25, -0.2) is 4.39 Å². The average Bonchev–Trinajstić information content (AvgIpc) is 2.69. The molecule has 0 bridgehead atoms. The van der Waals surface area contributed by atoms with E-state index >= 15 is 0 Å². The van der Waals surface area contributed by atoms with E-state index in [-0.39, 0.29) is 11.6 Å². The number of thiophene rings is 1. The first kappa shape index (κ1) is 13.7. The quantitative estimate of drug-likeness (QED) is 0.935. The molecule has 2 aromatic heterocycles. The zero-order valence-corrected chi connectivity index (χ0v) is 11.8. The number of hydrogen-bond acceptors (Lipinski definition) is 3. The summed E-state index contributed by atoms with van der Waals surface area (Å²) in [7, 11) is 0. The van der Waals surface area contributed by atoms with Crippen molar-refractivity contribution in [2.24, 2.45) is 0 Å². The summed E-state index contributed by atoms with van der Waals surface area (Å²) in [5, 5.41) is 2.81. The minimum Gasteiger partial charge on any atom is -0.345 e. The summed E-state index contributed by atoms with van der Waals surface area (Å²) < 4.78 is 13.5. The maximum Gasteiger partial charge on any atom is 0.254 e. The number of nitrogens with zero attached hydrogens (tertiary/aromatic N) is 1. The van der Waals surface area contributed by atoms with E-state index in [0.717, 1.165) is 11.8 Å². The van der Waals surface area contributed by atoms with Gasteiger partial charge in [-0.05, 0) is 38.5 Å². The highest BCUT2D eigenvalue weighted by atomic mass is 32.1. The van der Waals surface area contributed by atoms with Crippen molar-refractivity contribution < 1.29 is 9.18 Å². The predicted octanol–water partition coefficient (Wildman–Crippen LogP) is 3.39. The monoisotopic (exact) mass is 278 g/mol. The molecule has 1 N–H and O–H groups in total. The van der Waals surface area contributed by atoms with Crippen LogP contribution in [0.1, 0.15) is 38.6 Å². The first-order valence-corrected chi connectivity index (χ1v) is 6.78. The number of carbonyl (C=O) groups is 1. The molecule has 0 spiro atoms. The van der Waals surface area contributed by atoms with E-state index in [4.69, 9.17) is 0 Å². The third-order valence-corrected chi connectivity index (χ3v) is 3.89. The van der Waals surface area contributed by atoms with Crippen molar-refractivity contribution in [2.45, 2.75) is 26.8 Å². The smallest absolute Gasteiger partial charge is 0.254 e. The molecule has 0 aliphatic heterocycles. The molecule has 0 aliphatic rings. The third kappa shape index (κ3) is 2.98. The van der Waals surface area contributed by atoms with Crippen LogP contribution in [-0.4, -0.2) is 10.9 Å². The van der Waals surface area contributed by atoms with Crippen LogP contribution in [0.2, 0.25) is 0 Å². The number of nitrogens with one attached hydrogen (secondary N) is 1. The minimum atomic E-state index is -0.606. The van der Waals surface area contributed by atoms with Crippen LogP contribution in [0.5, 0.6) is 0 Å². The van der Waals surface area contributed by atoms with Crippen LogP contribution < -0.4 is 5.32 Å². The van der Waals surface area contributed by atoms with Gasteiger partial charge in [0, 0.05) is 16.0 Å². The number of carbonyl (C=O) groups excluding carboxylic acids is 1. The molecule has 100 valence electrons. The van der Waals surface area contributed by atoms with E-state index in [1.54, 1.807) is 11.3 Å². The van der Waals surface area contributed by atoms with Gasteiger partial charge in [0.15, 0.2) is 5.82 Å². The fourth-order valence-corrected chi connectivity index (χ4v) is 3.01. The molecule has 0 fully saturated rings. The summed E-state index contributed by atoms with van der Waals surface area (Å²) in [4.78, 5) is 18.0. The predicted molar refractivity (Wildman–Crippen MR) is 73.9 cm³/mol. The molecule has 1 atom stereocenters. The Balaban J connectivity index is 2.15. The molecule has 2 rings (SSSR count). The van der Waals surface area contributed by atoms with Crippen LogP contribution in [0.25, 0.3) is 0 Å². The summed E-state index contributed by atoms with van der Waals surface area (Å²) in [6, 6.07) is 3.28. The van der Waals surface area contributed by atoms with Gasteiger partial charge < -0.3 is 5.32 Å². The van der Waals surface area contributed by atoms with Gasteiger partial charge in [-0.3, -0.25) is 9.78 Å². The normalized spacial score (nSPS) is 12.2. The van der Waals surface area contributed by atoms with Crippen LogP contribution in [0, 0.1) is 19.7 Å². The Morgan fingerprint density at radius 1 is 1.47 bits per heavy atom. The lowest BCUT2D eigenvalue weighted by molar-refractivity contribution is 0.0935. The van der Waals surface area contributed by atoms with E-state index in [1.807, 2.05) is 26.8 Å². The molecule has 2 heterocycles. The highest BCUT2D eigenvalue weighted by molar-refractivity contribution is 7.12. The van der Waals surface area contributed by atoms with Crippen molar-refractivity contribution in [1.82, 2.24) is 10.3 Å². The van der Waals surface area contributed by atoms with Crippen LogP contribution in [0.15, 0.2) is 24.5 Å². The maximum absolute atomic E-state index is 13.5. The fraction of sp³-hybridized carbons (Fsp3) is 0.286. The lowest BCUT2D eigenvalue weighted by Crippen LogP contribution is -2.27. The second kappa shape index (κ2) is 5.48. The zero-order valence-electron chi connectivity index (χ0n) is 11.0. The minimum absolute atomic E-state index is 0.0199. The maximum atomic E-state index is 13.5. The molecule has 0 radical (unpaired) electrons. The molecule has 3 nitrogen and oxygen atoms in total. The molecule has 1 amide bonds. The van der Waals surface area contributed by atoms with Crippen molar-refractivity contribution in [3.8, 4) is 0 Å². The Bertz CT molecular complexity index is 609. The molecule has 19 heavy (non-hydrogen) atoms. The Morgan fingerprint density at radius 2 is 2.21 bits per heavy atom. The Morgan fingerprint density at radius 3 is 2.79 bits per heavy atom. The van der Waals surface area contributed by atoms with E-state index in [2.05, 4.69) is 10.3 Å². The molecular weight excluding hydrogens is 263 g/mol. The summed E-state index contributed by atoms with van der Waals surface area (Å²) >= 11 is 1.69. The lowest BCUT2D eigenvalue weighted by atomic mass is 10.1. The standard InChI is InChI=1S/C14H15FN2OS/c1-8-6-12(10(3)19-8)9(2)17-14(18)11-4-5-16-7-13(11)15/h4-7,9H,1-3H3,(H,17,18). The molecule has 0 aromatic carbocycles. The van der Waals surface area contributed by atoms with Gasteiger partial charge in [0.2, 0.25) is 0 Å². The van der Waals surface area contributed by atoms with Gasteiger partial charge in [-0.1, -0.05) is 0 Å². The number of amides is 1. The fourth-order valence-electron chi connectivity index (χ4n) is 1.99. The number of hydrogen-bond donors (Lipinski definition) is 1. The molecule has 5 heteroatoms. The highest BCUT2D eigenvalue weighted by Crippen LogP contribution is 2.26. The van der Waals surface area contributed by atoms with Crippen molar-refractivity contribution in [1.29, 1.82) is 0 Å². The molecular formula is C14H15FN2OS. The molecule has 0 saturated heterocycles. The third-order valence-electron chi connectivity index (χ3n) is 2.91. The second-order valence-electron chi connectivity index (χ2n) is 4.42. The van der Waals surface area contributed by atoms with Crippen molar-refractivity contribution in [2.75, 3.05) is 0 Å². The topological polar surface area (TPSA) is 42.0 Å². The van der Waals surface area contributed by atoms with E-state index in [0.29, 0.717) is 0 Å². The average molecular weight is 278 g/mol. The Hall–Kier alpha value is -1.75. The Kier molecular flexibility index (Phi) is 3.95. The molecule has 0 saturated carbocycles. The molecule has 1 unspecified atom stereocenters. The number of aromatic nitrogens is 1. The van der Waals surface area contributed by atoms with E-state index in [9.17, 15) is 9.18 Å².